The summed E-state index contributed by atoms with van der Waals surface area (Å²) < 4.78 is 5.54. The minimum Gasteiger partial charge on any atom is -0.410 e. The number of amides is 1. The van der Waals surface area contributed by atoms with E-state index in [-0.39, 0.29) is 0 Å². The van der Waals surface area contributed by atoms with Gasteiger partial charge in [-0.15, -0.1) is 0 Å². The van der Waals surface area contributed by atoms with Crippen LogP contribution in [0.5, 0.6) is 5.75 Å². The minimum absolute atomic E-state index is 0.447. The zero-order valence-corrected chi connectivity index (χ0v) is 13.3. The highest BCUT2D eigenvalue weighted by Crippen LogP contribution is 2.25. The van der Waals surface area contributed by atoms with E-state index in [9.17, 15) is 4.79 Å². The first kappa shape index (κ1) is 16.1. The molecule has 0 saturated carbocycles. The molecule has 0 unspecified atom stereocenters. The van der Waals surface area contributed by atoms with E-state index in [2.05, 4.69) is 25.2 Å². The maximum atomic E-state index is 12.1. The Morgan fingerprint density at radius 3 is 2.36 bits per heavy atom. The van der Waals surface area contributed by atoms with Gasteiger partial charge in [-0.3, -0.25) is 5.32 Å². The van der Waals surface area contributed by atoms with Crippen molar-refractivity contribution in [3.05, 3.63) is 59.7 Å². The van der Waals surface area contributed by atoms with Crippen LogP contribution in [0.2, 0.25) is 0 Å². The molecule has 0 fully saturated rings. The van der Waals surface area contributed by atoms with Crippen LogP contribution in [0.3, 0.4) is 0 Å². The second kappa shape index (κ2) is 8.23. The Bertz CT molecular complexity index is 608. The quantitative estimate of drug-likeness (QED) is 0.795. The number of benzene rings is 2. The van der Waals surface area contributed by atoms with E-state index in [1.54, 1.807) is 0 Å². The number of carbonyl (C=O) groups excluding carboxylic acids is 1. The highest BCUT2D eigenvalue weighted by atomic mass is 16.6. The van der Waals surface area contributed by atoms with Gasteiger partial charge in [0.2, 0.25) is 0 Å². The molecule has 0 atom stereocenters. The fourth-order valence-corrected chi connectivity index (χ4v) is 2.51. The summed E-state index contributed by atoms with van der Waals surface area (Å²) >= 11 is 0. The van der Waals surface area contributed by atoms with Crippen LogP contribution in [0.15, 0.2) is 48.5 Å². The van der Waals surface area contributed by atoms with Gasteiger partial charge >= 0.3 is 6.09 Å². The molecule has 22 heavy (non-hydrogen) atoms. The molecule has 0 saturated heterocycles. The summed E-state index contributed by atoms with van der Waals surface area (Å²) in [6.07, 6.45) is 3.59. The van der Waals surface area contributed by atoms with Gasteiger partial charge in [0.15, 0.2) is 0 Å². The third-order valence-electron chi connectivity index (χ3n) is 3.47. The molecule has 2 aromatic carbocycles. The minimum atomic E-state index is -0.447. The fraction of sp³-hybridized carbons (Fsp3) is 0.316. The largest absolute Gasteiger partial charge is 0.417 e. The molecule has 3 heteroatoms. The SMILES string of the molecule is CCCc1cccc(OC(=O)Nc2ccccc2)c1CCC. The molecule has 2 aromatic rings. The highest BCUT2D eigenvalue weighted by Gasteiger charge is 2.12. The zero-order valence-electron chi connectivity index (χ0n) is 13.3. The number of hydrogen-bond acceptors (Lipinski definition) is 2. The molecule has 0 radical (unpaired) electrons. The smallest absolute Gasteiger partial charge is 0.410 e. The molecule has 0 aliphatic rings. The molecule has 3 nitrogen and oxygen atoms in total. The maximum absolute atomic E-state index is 12.1. The second-order valence-electron chi connectivity index (χ2n) is 5.27. The van der Waals surface area contributed by atoms with Gasteiger partial charge in [-0.05, 0) is 42.2 Å². The van der Waals surface area contributed by atoms with Crippen LogP contribution in [0, 0.1) is 0 Å². The van der Waals surface area contributed by atoms with Gasteiger partial charge in [0, 0.05) is 5.69 Å². The molecule has 116 valence electrons. The first-order valence-electron chi connectivity index (χ1n) is 7.89. The highest BCUT2D eigenvalue weighted by molar-refractivity contribution is 5.86. The Hall–Kier alpha value is -2.29. The van der Waals surface area contributed by atoms with E-state index >= 15 is 0 Å². The Labute approximate surface area is 132 Å². The van der Waals surface area contributed by atoms with Crippen LogP contribution in [0.4, 0.5) is 10.5 Å². The summed E-state index contributed by atoms with van der Waals surface area (Å²) in [7, 11) is 0. The van der Waals surface area contributed by atoms with Crippen molar-refractivity contribution < 1.29 is 9.53 Å². The summed E-state index contributed by atoms with van der Waals surface area (Å²) in [6, 6.07) is 15.3. The summed E-state index contributed by atoms with van der Waals surface area (Å²) in [5.74, 6) is 0.668. The average Bonchev–Trinajstić information content (AvgIpc) is 2.51. The van der Waals surface area contributed by atoms with Crippen molar-refractivity contribution in [3.8, 4) is 5.75 Å². The molecule has 0 aliphatic heterocycles. The summed E-state index contributed by atoms with van der Waals surface area (Å²) in [5.41, 5.74) is 3.15. The Kier molecular flexibility index (Phi) is 6.01. The molecule has 2 rings (SSSR count). The van der Waals surface area contributed by atoms with Crippen LogP contribution in [-0.2, 0) is 12.8 Å². The van der Waals surface area contributed by atoms with Gasteiger partial charge in [-0.2, -0.15) is 0 Å². The molecule has 1 N–H and O–H groups in total. The number of nitrogens with one attached hydrogen (secondary N) is 1. The molecule has 0 aliphatic carbocycles. The van der Waals surface area contributed by atoms with E-state index in [1.807, 2.05) is 42.5 Å². The topological polar surface area (TPSA) is 38.3 Å². The fourth-order valence-electron chi connectivity index (χ4n) is 2.51. The normalized spacial score (nSPS) is 10.3. The lowest BCUT2D eigenvalue weighted by atomic mass is 9.98. The predicted octanol–water partition coefficient (Wildman–Crippen LogP) is 5.20. The predicted molar refractivity (Wildman–Crippen MR) is 90.5 cm³/mol. The van der Waals surface area contributed by atoms with Crippen LogP contribution in [0.1, 0.15) is 37.8 Å². The van der Waals surface area contributed by atoms with Crippen molar-refractivity contribution in [2.75, 3.05) is 5.32 Å². The Balaban J connectivity index is 2.14. The van der Waals surface area contributed by atoms with Gasteiger partial charge in [0.05, 0.1) is 0 Å². The number of hydrogen-bond donors (Lipinski definition) is 1. The number of carbonyl (C=O) groups is 1. The number of anilines is 1. The van der Waals surface area contributed by atoms with Crippen molar-refractivity contribution in [1.82, 2.24) is 0 Å². The standard InChI is InChI=1S/C19H23NO2/c1-3-9-15-11-8-14-18(17(15)10-4-2)22-19(21)20-16-12-6-5-7-13-16/h5-8,11-14H,3-4,9-10H2,1-2H3,(H,20,21). The molecule has 0 spiro atoms. The van der Waals surface area contributed by atoms with Crippen LogP contribution in [-0.4, -0.2) is 6.09 Å². The lowest BCUT2D eigenvalue weighted by Gasteiger charge is -2.14. The molecular weight excluding hydrogens is 274 g/mol. The summed E-state index contributed by atoms with van der Waals surface area (Å²) in [6.45, 7) is 4.29. The average molecular weight is 297 g/mol. The Morgan fingerprint density at radius 2 is 1.68 bits per heavy atom. The van der Waals surface area contributed by atoms with Crippen molar-refractivity contribution in [1.29, 1.82) is 0 Å². The third-order valence-corrected chi connectivity index (χ3v) is 3.47. The molecule has 0 bridgehead atoms. The van der Waals surface area contributed by atoms with E-state index in [0.717, 1.165) is 36.9 Å². The zero-order chi connectivity index (χ0) is 15.8. The van der Waals surface area contributed by atoms with Gasteiger partial charge in [-0.1, -0.05) is 57.0 Å². The number of ether oxygens (including phenoxy) is 1. The van der Waals surface area contributed by atoms with Gasteiger partial charge < -0.3 is 4.74 Å². The van der Waals surface area contributed by atoms with E-state index < -0.39 is 6.09 Å². The molecule has 0 aromatic heterocycles. The lowest BCUT2D eigenvalue weighted by Crippen LogP contribution is -2.17. The van der Waals surface area contributed by atoms with E-state index in [0.29, 0.717) is 5.75 Å². The van der Waals surface area contributed by atoms with Crippen molar-refractivity contribution in [2.45, 2.75) is 39.5 Å². The monoisotopic (exact) mass is 297 g/mol. The molecule has 0 heterocycles. The van der Waals surface area contributed by atoms with Crippen molar-refractivity contribution in [3.63, 3.8) is 0 Å². The van der Waals surface area contributed by atoms with E-state index in [4.69, 9.17) is 4.74 Å². The van der Waals surface area contributed by atoms with Crippen molar-refractivity contribution >= 4 is 11.8 Å². The second-order valence-corrected chi connectivity index (χ2v) is 5.27. The van der Waals surface area contributed by atoms with Gasteiger partial charge in [-0.25, -0.2) is 4.79 Å². The lowest BCUT2D eigenvalue weighted by molar-refractivity contribution is 0.214. The van der Waals surface area contributed by atoms with Gasteiger partial charge in [0.1, 0.15) is 5.75 Å². The Morgan fingerprint density at radius 1 is 0.955 bits per heavy atom. The number of para-hydroxylation sites is 1. The summed E-state index contributed by atoms with van der Waals surface area (Å²) in [5, 5.41) is 2.75. The van der Waals surface area contributed by atoms with Crippen molar-refractivity contribution in [2.24, 2.45) is 0 Å². The first-order valence-corrected chi connectivity index (χ1v) is 7.89. The van der Waals surface area contributed by atoms with Gasteiger partial charge in [0.25, 0.3) is 0 Å². The van der Waals surface area contributed by atoms with E-state index in [1.165, 1.54) is 5.56 Å². The maximum Gasteiger partial charge on any atom is 0.417 e. The number of aryl methyl sites for hydroxylation is 1. The van der Waals surface area contributed by atoms with Crippen LogP contribution in [0.25, 0.3) is 0 Å². The van der Waals surface area contributed by atoms with Crippen LogP contribution >= 0.6 is 0 Å². The molecule has 1 amide bonds. The third kappa shape index (κ3) is 4.35. The molecular formula is C19H23NO2. The summed E-state index contributed by atoms with van der Waals surface area (Å²) in [4.78, 5) is 12.1. The first-order chi connectivity index (χ1) is 10.7. The number of rotatable bonds is 6. The van der Waals surface area contributed by atoms with Crippen LogP contribution < -0.4 is 10.1 Å².